The number of benzene rings is 1. The van der Waals surface area contributed by atoms with Crippen molar-refractivity contribution in [2.45, 2.75) is 0 Å². The molecule has 2 amide bonds. The van der Waals surface area contributed by atoms with E-state index in [0.717, 1.165) is 0 Å². The molecule has 1 aromatic rings. The topological polar surface area (TPSA) is 67.9 Å². The maximum absolute atomic E-state index is 11.7. The van der Waals surface area contributed by atoms with Gasteiger partial charge in [0.25, 0.3) is 0 Å². The van der Waals surface area contributed by atoms with Gasteiger partial charge in [0.2, 0.25) is 6.79 Å². The number of hydrogen-bond donors (Lipinski definition) is 1. The molecule has 0 saturated carbocycles. The Balaban J connectivity index is 1.93. The summed E-state index contributed by atoms with van der Waals surface area (Å²) in [5.41, 5.74) is 0.647. The van der Waals surface area contributed by atoms with Crippen LogP contribution in [0.3, 0.4) is 0 Å². The third kappa shape index (κ3) is 1.57. The maximum atomic E-state index is 11.7. The molecule has 0 unspecified atom stereocenters. The van der Waals surface area contributed by atoms with E-state index in [9.17, 15) is 9.59 Å². The molecule has 6 heteroatoms. The largest absolute Gasteiger partial charge is 0.454 e. The van der Waals surface area contributed by atoms with Gasteiger partial charge in [-0.2, -0.15) is 0 Å². The molecular formula is C11H10N2O4. The second kappa shape index (κ2) is 3.65. The van der Waals surface area contributed by atoms with Crippen molar-refractivity contribution in [1.82, 2.24) is 5.32 Å². The Morgan fingerprint density at radius 2 is 2.00 bits per heavy atom. The minimum atomic E-state index is -0.575. The van der Waals surface area contributed by atoms with E-state index in [1.807, 2.05) is 0 Å². The number of amides is 2. The molecule has 0 aliphatic carbocycles. The minimum absolute atomic E-state index is 0.188. The van der Waals surface area contributed by atoms with E-state index in [-0.39, 0.29) is 6.79 Å². The van der Waals surface area contributed by atoms with Crippen LogP contribution in [0.2, 0.25) is 0 Å². The van der Waals surface area contributed by atoms with Crippen molar-refractivity contribution in [3.8, 4) is 11.5 Å². The summed E-state index contributed by atoms with van der Waals surface area (Å²) < 4.78 is 10.4. The lowest BCUT2D eigenvalue weighted by molar-refractivity contribution is -0.138. The first kappa shape index (κ1) is 9.95. The molecule has 1 aromatic carbocycles. The minimum Gasteiger partial charge on any atom is -0.454 e. The van der Waals surface area contributed by atoms with E-state index in [4.69, 9.17) is 9.47 Å². The molecular weight excluding hydrogens is 224 g/mol. The number of ether oxygens (including phenoxy) is 2. The van der Waals surface area contributed by atoms with Gasteiger partial charge in [0.15, 0.2) is 11.5 Å². The predicted octanol–water partition coefficient (Wildman–Crippen LogP) is -0.122. The van der Waals surface area contributed by atoms with E-state index in [2.05, 4.69) is 5.32 Å². The summed E-state index contributed by atoms with van der Waals surface area (Å²) in [7, 11) is 0. The number of hydrogen-bond acceptors (Lipinski definition) is 4. The fraction of sp³-hybridized carbons (Fsp3) is 0.273. The molecule has 0 aromatic heterocycles. The van der Waals surface area contributed by atoms with Gasteiger partial charge in [-0.15, -0.1) is 0 Å². The normalized spacial score (nSPS) is 18.2. The molecule has 0 spiro atoms. The zero-order valence-corrected chi connectivity index (χ0v) is 8.93. The van der Waals surface area contributed by atoms with Gasteiger partial charge in [0.1, 0.15) is 0 Å². The number of piperazine rings is 1. The molecule has 0 bridgehead atoms. The van der Waals surface area contributed by atoms with E-state index in [1.165, 1.54) is 4.90 Å². The summed E-state index contributed by atoms with van der Waals surface area (Å²) in [6.07, 6.45) is 0. The van der Waals surface area contributed by atoms with Crippen molar-refractivity contribution in [1.29, 1.82) is 0 Å². The van der Waals surface area contributed by atoms with Crippen molar-refractivity contribution in [2.24, 2.45) is 0 Å². The highest BCUT2D eigenvalue weighted by molar-refractivity contribution is 6.41. The lowest BCUT2D eigenvalue weighted by Gasteiger charge is -2.26. The molecule has 1 N–H and O–H groups in total. The quantitative estimate of drug-likeness (QED) is 0.688. The van der Waals surface area contributed by atoms with Crippen LogP contribution < -0.4 is 19.7 Å². The fourth-order valence-corrected chi connectivity index (χ4v) is 1.88. The summed E-state index contributed by atoms with van der Waals surface area (Å²) in [6.45, 7) is 1.11. The van der Waals surface area contributed by atoms with Gasteiger partial charge in [-0.3, -0.25) is 9.59 Å². The van der Waals surface area contributed by atoms with Crippen LogP contribution in [-0.4, -0.2) is 31.7 Å². The van der Waals surface area contributed by atoms with Gasteiger partial charge >= 0.3 is 11.8 Å². The standard InChI is InChI=1S/C11H10N2O4/c14-10-11(15)13(4-3-12-10)7-1-2-8-9(5-7)17-6-16-8/h1-2,5H,3-4,6H2,(H,12,14). The number of rotatable bonds is 1. The Kier molecular flexibility index (Phi) is 2.14. The predicted molar refractivity (Wildman–Crippen MR) is 57.9 cm³/mol. The zero-order valence-electron chi connectivity index (χ0n) is 8.93. The molecule has 0 atom stereocenters. The maximum Gasteiger partial charge on any atom is 0.316 e. The summed E-state index contributed by atoms with van der Waals surface area (Å²) in [5.74, 6) is 0.132. The Hall–Kier alpha value is -2.24. The second-order valence-electron chi connectivity index (χ2n) is 3.75. The molecule has 2 aliphatic heterocycles. The van der Waals surface area contributed by atoms with Crippen molar-refractivity contribution in [2.75, 3.05) is 24.8 Å². The molecule has 2 aliphatic rings. The first-order chi connectivity index (χ1) is 8.25. The van der Waals surface area contributed by atoms with E-state index >= 15 is 0 Å². The van der Waals surface area contributed by atoms with Crippen LogP contribution in [0, 0.1) is 0 Å². The highest BCUT2D eigenvalue weighted by atomic mass is 16.7. The second-order valence-corrected chi connectivity index (χ2v) is 3.75. The number of carbonyl (C=O) groups is 2. The van der Waals surface area contributed by atoms with Crippen LogP contribution in [0.15, 0.2) is 18.2 Å². The van der Waals surface area contributed by atoms with Gasteiger partial charge < -0.3 is 19.7 Å². The number of nitrogens with one attached hydrogen (secondary N) is 1. The Bertz CT molecular complexity index is 500. The zero-order chi connectivity index (χ0) is 11.8. The molecule has 0 radical (unpaired) electrons. The Morgan fingerprint density at radius 1 is 1.18 bits per heavy atom. The average molecular weight is 234 g/mol. The van der Waals surface area contributed by atoms with Crippen LogP contribution in [0.25, 0.3) is 0 Å². The molecule has 2 heterocycles. The van der Waals surface area contributed by atoms with Crippen LogP contribution in [-0.2, 0) is 9.59 Å². The summed E-state index contributed by atoms with van der Waals surface area (Å²) >= 11 is 0. The third-order valence-corrected chi connectivity index (χ3v) is 2.73. The lowest BCUT2D eigenvalue weighted by Crippen LogP contribution is -2.52. The molecule has 88 valence electrons. The molecule has 1 saturated heterocycles. The van der Waals surface area contributed by atoms with Gasteiger partial charge in [-0.1, -0.05) is 0 Å². The lowest BCUT2D eigenvalue weighted by atomic mass is 10.2. The number of anilines is 1. The SMILES string of the molecule is O=C1NCCN(c2ccc3c(c2)OCO3)C1=O. The first-order valence-electron chi connectivity index (χ1n) is 5.25. The van der Waals surface area contributed by atoms with Gasteiger partial charge in [-0.25, -0.2) is 0 Å². The Labute approximate surface area is 97.1 Å². The van der Waals surface area contributed by atoms with E-state index < -0.39 is 11.8 Å². The molecule has 17 heavy (non-hydrogen) atoms. The monoisotopic (exact) mass is 234 g/mol. The molecule has 1 fully saturated rings. The third-order valence-electron chi connectivity index (χ3n) is 2.73. The molecule has 6 nitrogen and oxygen atoms in total. The van der Waals surface area contributed by atoms with Crippen LogP contribution in [0.5, 0.6) is 11.5 Å². The summed E-state index contributed by atoms with van der Waals surface area (Å²) in [4.78, 5) is 24.4. The summed E-state index contributed by atoms with van der Waals surface area (Å²) in [5, 5.41) is 2.50. The fourth-order valence-electron chi connectivity index (χ4n) is 1.88. The van der Waals surface area contributed by atoms with Gasteiger partial charge in [0.05, 0.1) is 0 Å². The van der Waals surface area contributed by atoms with Crippen molar-refractivity contribution >= 4 is 17.5 Å². The smallest absolute Gasteiger partial charge is 0.316 e. The van der Waals surface area contributed by atoms with Crippen LogP contribution in [0.1, 0.15) is 0 Å². The van der Waals surface area contributed by atoms with E-state index in [1.54, 1.807) is 18.2 Å². The first-order valence-corrected chi connectivity index (χ1v) is 5.25. The molecule has 3 rings (SSSR count). The van der Waals surface area contributed by atoms with Crippen LogP contribution >= 0.6 is 0 Å². The number of carbonyl (C=O) groups excluding carboxylic acids is 2. The number of nitrogens with zero attached hydrogens (tertiary/aromatic N) is 1. The van der Waals surface area contributed by atoms with Crippen molar-refractivity contribution < 1.29 is 19.1 Å². The highest BCUT2D eigenvalue weighted by Crippen LogP contribution is 2.35. The van der Waals surface area contributed by atoms with Gasteiger partial charge in [-0.05, 0) is 12.1 Å². The summed E-state index contributed by atoms with van der Waals surface area (Å²) in [6, 6.07) is 5.18. The Morgan fingerprint density at radius 3 is 2.88 bits per heavy atom. The average Bonchev–Trinajstić information content (AvgIpc) is 2.79. The van der Waals surface area contributed by atoms with Crippen molar-refractivity contribution in [3.05, 3.63) is 18.2 Å². The highest BCUT2D eigenvalue weighted by Gasteiger charge is 2.28. The van der Waals surface area contributed by atoms with Crippen LogP contribution in [0.4, 0.5) is 5.69 Å². The van der Waals surface area contributed by atoms with E-state index in [0.29, 0.717) is 30.3 Å². The van der Waals surface area contributed by atoms with Crippen molar-refractivity contribution in [3.63, 3.8) is 0 Å². The number of fused-ring (bicyclic) bond motifs is 1. The van der Waals surface area contributed by atoms with Gasteiger partial charge in [0, 0.05) is 24.8 Å².